The first-order valence-electron chi connectivity index (χ1n) is 9.18. The summed E-state index contributed by atoms with van der Waals surface area (Å²) in [4.78, 5) is 12.1. The Hall–Kier alpha value is -2.64. The van der Waals surface area contributed by atoms with Crippen LogP contribution in [0.5, 0.6) is 0 Å². The van der Waals surface area contributed by atoms with Gasteiger partial charge in [-0.2, -0.15) is 0 Å². The van der Waals surface area contributed by atoms with Gasteiger partial charge in [-0.1, -0.05) is 30.3 Å². The van der Waals surface area contributed by atoms with E-state index in [1.807, 2.05) is 30.3 Å². The third kappa shape index (κ3) is 3.43. The van der Waals surface area contributed by atoms with Crippen molar-refractivity contribution in [2.24, 2.45) is 0 Å². The van der Waals surface area contributed by atoms with Crippen molar-refractivity contribution in [2.75, 3.05) is 6.61 Å². The van der Waals surface area contributed by atoms with Gasteiger partial charge in [0.25, 0.3) is 0 Å². The van der Waals surface area contributed by atoms with Crippen molar-refractivity contribution < 1.29 is 22.4 Å². The Balaban J connectivity index is 1.58. The zero-order valence-corrected chi connectivity index (χ0v) is 16.5. The lowest BCUT2D eigenvalue weighted by Crippen LogP contribution is -2.26. The number of ether oxygens (including phenoxy) is 1. The minimum absolute atomic E-state index is 0.102. The van der Waals surface area contributed by atoms with Crippen LogP contribution in [0.15, 0.2) is 57.8 Å². The van der Waals surface area contributed by atoms with Crippen molar-refractivity contribution in [3.8, 4) is 0 Å². The molecule has 146 valence electrons. The fraction of sp³-hybridized carbons (Fsp3) is 0.286. The van der Waals surface area contributed by atoms with Crippen LogP contribution in [0.1, 0.15) is 40.9 Å². The third-order valence-corrected chi connectivity index (χ3v) is 6.49. The van der Waals surface area contributed by atoms with Crippen molar-refractivity contribution in [3.63, 3.8) is 0 Å². The molecule has 1 aliphatic rings. The molecule has 0 bridgehead atoms. The van der Waals surface area contributed by atoms with Crippen LogP contribution in [-0.2, 0) is 14.8 Å². The Morgan fingerprint density at radius 2 is 1.96 bits per heavy atom. The smallest absolute Gasteiger partial charge is 0.374 e. The second-order valence-electron chi connectivity index (χ2n) is 6.92. The van der Waals surface area contributed by atoms with E-state index in [2.05, 4.69) is 4.72 Å². The molecule has 4 rings (SSSR count). The summed E-state index contributed by atoms with van der Waals surface area (Å²) in [6.07, 6.45) is 0.781. The van der Waals surface area contributed by atoms with E-state index >= 15 is 0 Å². The van der Waals surface area contributed by atoms with Gasteiger partial charge in [-0.3, -0.25) is 0 Å². The summed E-state index contributed by atoms with van der Waals surface area (Å²) in [6, 6.07) is 14.4. The molecule has 1 aliphatic carbocycles. The molecule has 1 N–H and O–H groups in total. The van der Waals surface area contributed by atoms with Gasteiger partial charge in [0.2, 0.25) is 15.8 Å². The molecule has 0 unspecified atom stereocenters. The van der Waals surface area contributed by atoms with Gasteiger partial charge in [0.1, 0.15) is 5.58 Å². The van der Waals surface area contributed by atoms with Gasteiger partial charge in [-0.25, -0.2) is 17.9 Å². The van der Waals surface area contributed by atoms with Gasteiger partial charge < -0.3 is 9.15 Å². The quantitative estimate of drug-likeness (QED) is 0.638. The van der Waals surface area contributed by atoms with Crippen molar-refractivity contribution in [2.45, 2.75) is 37.1 Å². The Morgan fingerprint density at radius 1 is 1.21 bits per heavy atom. The zero-order chi connectivity index (χ0) is 19.9. The number of rotatable bonds is 6. The van der Waals surface area contributed by atoms with Gasteiger partial charge in [-0.05, 0) is 44.0 Å². The second kappa shape index (κ2) is 7.07. The molecule has 0 saturated heterocycles. The normalized spacial score (nSPS) is 18.9. The summed E-state index contributed by atoms with van der Waals surface area (Å²) >= 11 is 0. The van der Waals surface area contributed by atoms with E-state index in [1.165, 1.54) is 6.07 Å². The molecular formula is C21H21NO5S. The average Bonchev–Trinajstić information content (AvgIpc) is 3.36. The average molecular weight is 399 g/mol. The van der Waals surface area contributed by atoms with E-state index in [0.29, 0.717) is 16.5 Å². The van der Waals surface area contributed by atoms with Gasteiger partial charge in [0.05, 0.1) is 11.5 Å². The maximum atomic E-state index is 12.8. The number of hydrogen-bond donors (Lipinski definition) is 1. The van der Waals surface area contributed by atoms with E-state index in [1.54, 1.807) is 26.0 Å². The van der Waals surface area contributed by atoms with Crippen LogP contribution in [0.4, 0.5) is 0 Å². The summed E-state index contributed by atoms with van der Waals surface area (Å²) in [5.41, 5.74) is 2.16. The SMILES string of the molecule is CCOC(=O)c1oc2ccc(S(=O)(=O)N[C@@H]3C[C@H]3c3ccccc3)cc2c1C. The Bertz CT molecular complexity index is 1130. The summed E-state index contributed by atoms with van der Waals surface area (Å²) < 4.78 is 39.0. The lowest BCUT2D eigenvalue weighted by atomic mass is 10.1. The Kier molecular flexibility index (Phi) is 4.72. The minimum atomic E-state index is -3.68. The molecular weight excluding hydrogens is 378 g/mol. The molecule has 6 nitrogen and oxygen atoms in total. The molecule has 28 heavy (non-hydrogen) atoms. The summed E-state index contributed by atoms with van der Waals surface area (Å²) in [6.45, 7) is 3.67. The predicted molar refractivity (Wildman–Crippen MR) is 105 cm³/mol. The molecule has 0 amide bonds. The van der Waals surface area contributed by atoms with E-state index in [0.717, 1.165) is 12.0 Å². The monoisotopic (exact) mass is 399 g/mol. The van der Waals surface area contributed by atoms with Crippen LogP contribution in [0.2, 0.25) is 0 Å². The second-order valence-corrected chi connectivity index (χ2v) is 8.63. The number of carbonyl (C=O) groups excluding carboxylic acids is 1. The van der Waals surface area contributed by atoms with Gasteiger partial charge in [-0.15, -0.1) is 0 Å². The number of fused-ring (bicyclic) bond motifs is 1. The number of furan rings is 1. The number of hydrogen-bond acceptors (Lipinski definition) is 5. The molecule has 1 saturated carbocycles. The maximum Gasteiger partial charge on any atom is 0.374 e. The number of carbonyl (C=O) groups is 1. The van der Waals surface area contributed by atoms with Gasteiger partial charge in [0, 0.05) is 22.9 Å². The fourth-order valence-corrected chi connectivity index (χ4v) is 4.74. The molecule has 0 spiro atoms. The van der Waals surface area contributed by atoms with Crippen LogP contribution in [0.3, 0.4) is 0 Å². The van der Waals surface area contributed by atoms with E-state index in [-0.39, 0.29) is 29.2 Å². The molecule has 1 aromatic heterocycles. The highest BCUT2D eigenvalue weighted by Crippen LogP contribution is 2.41. The summed E-state index contributed by atoms with van der Waals surface area (Å²) in [7, 11) is -3.68. The van der Waals surface area contributed by atoms with Crippen molar-refractivity contribution in [1.29, 1.82) is 0 Å². The predicted octanol–water partition coefficient (Wildman–Crippen LogP) is 3.75. The molecule has 1 heterocycles. The first-order valence-corrected chi connectivity index (χ1v) is 10.7. The Morgan fingerprint density at radius 3 is 2.68 bits per heavy atom. The van der Waals surface area contributed by atoms with Crippen LogP contribution in [0.25, 0.3) is 11.0 Å². The highest BCUT2D eigenvalue weighted by Gasteiger charge is 2.41. The number of aryl methyl sites for hydroxylation is 1. The number of esters is 1. The molecule has 1 fully saturated rings. The number of benzene rings is 2. The first kappa shape index (κ1) is 18.7. The van der Waals surface area contributed by atoms with E-state index < -0.39 is 16.0 Å². The van der Waals surface area contributed by atoms with Crippen LogP contribution < -0.4 is 4.72 Å². The van der Waals surface area contributed by atoms with Crippen molar-refractivity contribution in [3.05, 3.63) is 65.4 Å². The minimum Gasteiger partial charge on any atom is -0.460 e. The van der Waals surface area contributed by atoms with Gasteiger partial charge >= 0.3 is 5.97 Å². The van der Waals surface area contributed by atoms with Crippen LogP contribution in [-0.4, -0.2) is 27.0 Å². The summed E-state index contributed by atoms with van der Waals surface area (Å²) in [5.74, 6) is -0.251. The van der Waals surface area contributed by atoms with E-state index in [4.69, 9.17) is 9.15 Å². The van der Waals surface area contributed by atoms with Crippen molar-refractivity contribution >= 4 is 27.0 Å². The standard InChI is InChI=1S/C21H21NO5S/c1-3-26-21(23)20-13(2)16-11-15(9-10-19(16)27-20)28(24,25)22-18-12-17(18)14-7-5-4-6-8-14/h4-11,17-18,22H,3,12H2,1-2H3/t17-,18+/m0/s1. The summed E-state index contributed by atoms with van der Waals surface area (Å²) in [5, 5.41) is 0.585. The maximum absolute atomic E-state index is 12.8. The first-order chi connectivity index (χ1) is 13.4. The Labute approximate surface area is 163 Å². The van der Waals surface area contributed by atoms with Crippen LogP contribution in [0, 0.1) is 6.92 Å². The van der Waals surface area contributed by atoms with Crippen molar-refractivity contribution in [1.82, 2.24) is 4.72 Å². The largest absolute Gasteiger partial charge is 0.460 e. The molecule has 2 aromatic carbocycles. The zero-order valence-electron chi connectivity index (χ0n) is 15.6. The fourth-order valence-electron chi connectivity index (χ4n) is 3.42. The lowest BCUT2D eigenvalue weighted by Gasteiger charge is -2.07. The van der Waals surface area contributed by atoms with E-state index in [9.17, 15) is 13.2 Å². The molecule has 0 radical (unpaired) electrons. The number of sulfonamides is 1. The molecule has 7 heteroatoms. The number of nitrogens with one attached hydrogen (secondary N) is 1. The highest BCUT2D eigenvalue weighted by molar-refractivity contribution is 7.89. The molecule has 3 aromatic rings. The topological polar surface area (TPSA) is 85.6 Å². The lowest BCUT2D eigenvalue weighted by molar-refractivity contribution is 0.0491. The van der Waals surface area contributed by atoms with Crippen LogP contribution >= 0.6 is 0 Å². The third-order valence-electron chi connectivity index (χ3n) is 5.00. The highest BCUT2D eigenvalue weighted by atomic mass is 32.2. The van der Waals surface area contributed by atoms with Gasteiger partial charge in [0.15, 0.2) is 0 Å². The molecule has 2 atom stereocenters. The molecule has 0 aliphatic heterocycles.